The van der Waals surface area contributed by atoms with E-state index in [0.717, 1.165) is 17.7 Å². The van der Waals surface area contributed by atoms with Crippen LogP contribution >= 0.6 is 0 Å². The molecule has 0 radical (unpaired) electrons. The van der Waals surface area contributed by atoms with Gasteiger partial charge in [-0.3, -0.25) is 14.5 Å². The lowest BCUT2D eigenvalue weighted by molar-refractivity contribution is -0.136. The maximum absolute atomic E-state index is 13.1. The van der Waals surface area contributed by atoms with E-state index >= 15 is 0 Å². The van der Waals surface area contributed by atoms with E-state index < -0.39 is 35.5 Å². The van der Waals surface area contributed by atoms with Gasteiger partial charge in [0.1, 0.15) is 17.8 Å². The van der Waals surface area contributed by atoms with E-state index in [9.17, 15) is 19.6 Å². The summed E-state index contributed by atoms with van der Waals surface area (Å²) in [6, 6.07) is 8.64. The van der Waals surface area contributed by atoms with Crippen LogP contribution < -0.4 is 15.4 Å². The van der Waals surface area contributed by atoms with E-state index in [2.05, 4.69) is 16.7 Å². The molecule has 27 heavy (non-hydrogen) atoms. The van der Waals surface area contributed by atoms with Gasteiger partial charge in [-0.25, -0.2) is 4.79 Å². The highest BCUT2D eigenvalue weighted by Gasteiger charge is 2.55. The largest absolute Gasteiger partial charge is 0.493 e. The Morgan fingerprint density at radius 2 is 2.00 bits per heavy atom. The molecule has 1 saturated heterocycles. The summed E-state index contributed by atoms with van der Waals surface area (Å²) in [6.07, 6.45) is 3.22. The van der Waals surface area contributed by atoms with Gasteiger partial charge in [0.25, 0.3) is 5.91 Å². The SMILES string of the molecule is N#CC1(NC(=O)CN2C(=O)NC3(CCOc4ccccc43)C2=O)CCCC1. The fourth-order valence-electron chi connectivity index (χ4n) is 4.21. The van der Waals surface area contributed by atoms with E-state index in [0.29, 0.717) is 37.2 Å². The maximum atomic E-state index is 13.1. The van der Waals surface area contributed by atoms with E-state index in [1.807, 2.05) is 0 Å². The number of hydrogen-bond acceptors (Lipinski definition) is 5. The number of urea groups is 1. The van der Waals surface area contributed by atoms with Crippen molar-refractivity contribution in [3.63, 3.8) is 0 Å². The average Bonchev–Trinajstić information content (AvgIpc) is 3.22. The number of hydrogen-bond donors (Lipinski definition) is 2. The van der Waals surface area contributed by atoms with Crippen LogP contribution in [-0.2, 0) is 15.1 Å². The number of carbonyl (C=O) groups is 3. The van der Waals surface area contributed by atoms with Gasteiger partial charge >= 0.3 is 6.03 Å². The van der Waals surface area contributed by atoms with Gasteiger partial charge in [-0.05, 0) is 31.7 Å². The number of carbonyl (C=O) groups excluding carboxylic acids is 3. The summed E-state index contributed by atoms with van der Waals surface area (Å²) in [5, 5.41) is 14.9. The second-order valence-electron chi connectivity index (χ2n) is 7.27. The van der Waals surface area contributed by atoms with Gasteiger partial charge in [-0.2, -0.15) is 5.26 Å². The standard InChI is InChI=1S/C19H20N4O4/c20-12-18(7-3-4-8-18)21-15(24)11-23-16(25)19(22-17(23)26)9-10-27-14-6-2-1-5-13(14)19/h1-2,5-6H,3-4,7-11H2,(H,21,24)(H,22,26). The van der Waals surface area contributed by atoms with Crippen LogP contribution in [0.3, 0.4) is 0 Å². The number of nitriles is 1. The van der Waals surface area contributed by atoms with Gasteiger partial charge < -0.3 is 15.4 Å². The molecule has 2 heterocycles. The molecule has 1 spiro atoms. The molecular weight excluding hydrogens is 348 g/mol. The second-order valence-corrected chi connectivity index (χ2v) is 7.27. The van der Waals surface area contributed by atoms with Crippen LogP contribution in [0, 0.1) is 11.3 Å². The van der Waals surface area contributed by atoms with Crippen LogP contribution in [0.1, 0.15) is 37.7 Å². The molecule has 2 aliphatic heterocycles. The normalized spacial score (nSPS) is 25.5. The molecule has 8 nitrogen and oxygen atoms in total. The van der Waals surface area contributed by atoms with Gasteiger partial charge in [0.15, 0.2) is 5.54 Å². The van der Waals surface area contributed by atoms with Crippen LogP contribution in [0.5, 0.6) is 5.75 Å². The molecular formula is C19H20N4O4. The molecule has 4 amide bonds. The molecule has 1 saturated carbocycles. The van der Waals surface area contributed by atoms with Gasteiger partial charge in [0, 0.05) is 12.0 Å². The Kier molecular flexibility index (Phi) is 4.02. The summed E-state index contributed by atoms with van der Waals surface area (Å²) in [5.41, 5.74) is -1.49. The van der Waals surface area contributed by atoms with Crippen molar-refractivity contribution in [2.75, 3.05) is 13.2 Å². The molecule has 140 valence electrons. The van der Waals surface area contributed by atoms with Crippen LogP contribution in [-0.4, -0.2) is 41.4 Å². The zero-order valence-electron chi connectivity index (χ0n) is 14.8. The van der Waals surface area contributed by atoms with Crippen molar-refractivity contribution in [1.29, 1.82) is 5.26 Å². The molecule has 1 unspecified atom stereocenters. The Morgan fingerprint density at radius 1 is 1.26 bits per heavy atom. The molecule has 0 aromatic heterocycles. The summed E-state index contributed by atoms with van der Waals surface area (Å²) in [6.45, 7) is -0.112. The number of ether oxygens (including phenoxy) is 1. The Morgan fingerprint density at radius 3 is 2.74 bits per heavy atom. The fraction of sp³-hybridized carbons (Fsp3) is 0.474. The minimum absolute atomic E-state index is 0.292. The van der Waals surface area contributed by atoms with Crippen molar-refractivity contribution >= 4 is 17.8 Å². The third-order valence-corrected chi connectivity index (χ3v) is 5.61. The highest BCUT2D eigenvalue weighted by atomic mass is 16.5. The van der Waals surface area contributed by atoms with Gasteiger partial charge in [0.05, 0.1) is 12.7 Å². The predicted molar refractivity (Wildman–Crippen MR) is 93.4 cm³/mol. The lowest BCUT2D eigenvalue weighted by Gasteiger charge is -2.33. The Labute approximate surface area is 156 Å². The first-order valence-corrected chi connectivity index (χ1v) is 9.08. The molecule has 2 N–H and O–H groups in total. The van der Waals surface area contributed by atoms with Gasteiger partial charge in [0.2, 0.25) is 5.91 Å². The number of nitrogens with one attached hydrogen (secondary N) is 2. The zero-order valence-corrected chi connectivity index (χ0v) is 14.8. The van der Waals surface area contributed by atoms with E-state index in [-0.39, 0.29) is 0 Å². The molecule has 0 bridgehead atoms. The fourth-order valence-corrected chi connectivity index (χ4v) is 4.21. The maximum Gasteiger partial charge on any atom is 0.325 e. The van der Waals surface area contributed by atoms with Gasteiger partial charge in [-0.1, -0.05) is 18.2 Å². The third kappa shape index (κ3) is 2.70. The molecule has 3 aliphatic rings. The molecule has 1 aromatic carbocycles. The number of nitrogens with zero attached hydrogens (tertiary/aromatic N) is 2. The minimum atomic E-state index is -1.20. The Hall–Kier alpha value is -3.08. The van der Waals surface area contributed by atoms with Crippen molar-refractivity contribution in [3.8, 4) is 11.8 Å². The highest BCUT2D eigenvalue weighted by Crippen LogP contribution is 2.40. The summed E-state index contributed by atoms with van der Waals surface area (Å²) in [7, 11) is 0. The number of para-hydroxylation sites is 1. The minimum Gasteiger partial charge on any atom is -0.493 e. The predicted octanol–water partition coefficient (Wildman–Crippen LogP) is 1.17. The lowest BCUT2D eigenvalue weighted by atomic mass is 9.84. The van der Waals surface area contributed by atoms with E-state index in [1.54, 1.807) is 24.3 Å². The molecule has 8 heteroatoms. The number of rotatable bonds is 3. The van der Waals surface area contributed by atoms with Crippen molar-refractivity contribution in [3.05, 3.63) is 29.8 Å². The first-order chi connectivity index (χ1) is 13.0. The van der Waals surface area contributed by atoms with E-state index in [1.165, 1.54) is 0 Å². The molecule has 1 aliphatic carbocycles. The number of imide groups is 1. The smallest absolute Gasteiger partial charge is 0.325 e. The molecule has 2 fully saturated rings. The number of benzene rings is 1. The summed E-state index contributed by atoms with van der Waals surface area (Å²) in [4.78, 5) is 39.0. The topological polar surface area (TPSA) is 112 Å². The lowest BCUT2D eigenvalue weighted by Crippen LogP contribution is -2.51. The van der Waals surface area contributed by atoms with Crippen molar-refractivity contribution in [1.82, 2.24) is 15.5 Å². The van der Waals surface area contributed by atoms with Crippen LogP contribution in [0.25, 0.3) is 0 Å². The summed E-state index contributed by atoms with van der Waals surface area (Å²) in [5.74, 6) is -0.409. The second kappa shape index (κ2) is 6.27. The average molecular weight is 368 g/mol. The van der Waals surface area contributed by atoms with Crippen LogP contribution in [0.15, 0.2) is 24.3 Å². The monoisotopic (exact) mass is 368 g/mol. The van der Waals surface area contributed by atoms with Crippen molar-refractivity contribution in [2.24, 2.45) is 0 Å². The summed E-state index contributed by atoms with van der Waals surface area (Å²) >= 11 is 0. The van der Waals surface area contributed by atoms with Crippen LogP contribution in [0.4, 0.5) is 4.79 Å². The zero-order chi connectivity index (χ0) is 19.1. The van der Waals surface area contributed by atoms with Crippen molar-refractivity contribution < 1.29 is 19.1 Å². The van der Waals surface area contributed by atoms with Gasteiger partial charge in [-0.15, -0.1) is 0 Å². The first-order valence-electron chi connectivity index (χ1n) is 9.08. The van der Waals surface area contributed by atoms with E-state index in [4.69, 9.17) is 4.74 Å². The third-order valence-electron chi connectivity index (χ3n) is 5.61. The quantitative estimate of drug-likeness (QED) is 0.778. The number of amides is 4. The summed E-state index contributed by atoms with van der Waals surface area (Å²) < 4.78 is 5.59. The highest BCUT2D eigenvalue weighted by molar-refractivity contribution is 6.09. The Bertz CT molecular complexity index is 856. The van der Waals surface area contributed by atoms with Crippen LogP contribution in [0.2, 0.25) is 0 Å². The first kappa shape index (κ1) is 17.3. The number of fused-ring (bicyclic) bond motifs is 2. The Balaban J connectivity index is 1.55. The molecule has 4 rings (SSSR count). The molecule has 1 atom stereocenters. The van der Waals surface area contributed by atoms with Crippen molar-refractivity contribution in [2.45, 2.75) is 43.2 Å². The molecule has 1 aromatic rings.